The molecule has 2 heterocycles. The zero-order valence-corrected chi connectivity index (χ0v) is 16.3. The first-order valence-electron chi connectivity index (χ1n) is 8.70. The third kappa shape index (κ3) is 4.04. The molecule has 1 aliphatic rings. The summed E-state index contributed by atoms with van der Waals surface area (Å²) < 4.78 is 37.3. The minimum Gasteiger partial charge on any atom is -0.357 e. The number of pyridine rings is 1. The molecule has 0 unspecified atom stereocenters. The van der Waals surface area contributed by atoms with Crippen LogP contribution in [0.4, 0.5) is 4.39 Å². The van der Waals surface area contributed by atoms with E-state index in [1.54, 1.807) is 0 Å². The van der Waals surface area contributed by atoms with Crippen LogP contribution in [-0.2, 0) is 14.6 Å². The number of nitrogens with zero attached hydrogens (tertiary/aromatic N) is 2. The molecule has 28 heavy (non-hydrogen) atoms. The SMILES string of the molecule is CNC(=O)[C@H]1CCCN1C(=O)c1cc(F)cc(-c2ccc(S(C)(=O)=O)cn2)c1. The van der Waals surface area contributed by atoms with Crippen LogP contribution < -0.4 is 5.32 Å². The number of sulfone groups is 1. The molecule has 1 N–H and O–H groups in total. The van der Waals surface area contributed by atoms with E-state index in [1.165, 1.54) is 42.4 Å². The summed E-state index contributed by atoms with van der Waals surface area (Å²) in [6, 6.07) is 6.11. The number of hydrogen-bond donors (Lipinski definition) is 1. The zero-order valence-electron chi connectivity index (χ0n) is 15.5. The predicted octanol–water partition coefficient (Wildman–Crippen LogP) is 1.64. The number of hydrogen-bond acceptors (Lipinski definition) is 5. The predicted molar refractivity (Wildman–Crippen MR) is 101 cm³/mol. The second kappa shape index (κ2) is 7.67. The summed E-state index contributed by atoms with van der Waals surface area (Å²) in [7, 11) is -1.89. The summed E-state index contributed by atoms with van der Waals surface area (Å²) in [5, 5.41) is 2.54. The standard InChI is InChI=1S/C19H20FN3O4S/c1-21-18(24)17-4-3-7-23(17)19(25)13-8-12(9-14(20)10-13)16-6-5-15(11-22-16)28(2,26)27/h5-6,8-11,17H,3-4,7H2,1-2H3,(H,21,24)/t17-/m1/s1. The van der Waals surface area contributed by atoms with E-state index >= 15 is 0 Å². The molecular formula is C19H20FN3O4S. The molecule has 1 fully saturated rings. The summed E-state index contributed by atoms with van der Waals surface area (Å²) in [5.41, 5.74) is 0.795. The second-order valence-electron chi connectivity index (χ2n) is 6.65. The molecule has 0 radical (unpaired) electrons. The van der Waals surface area contributed by atoms with Gasteiger partial charge in [0, 0.05) is 37.2 Å². The van der Waals surface area contributed by atoms with Crippen LogP contribution in [-0.4, -0.2) is 56.0 Å². The molecule has 0 spiro atoms. The van der Waals surface area contributed by atoms with E-state index in [2.05, 4.69) is 10.3 Å². The molecule has 0 bridgehead atoms. The Hall–Kier alpha value is -2.81. The van der Waals surface area contributed by atoms with Gasteiger partial charge in [0.1, 0.15) is 11.9 Å². The fourth-order valence-corrected chi connectivity index (χ4v) is 3.81. The maximum Gasteiger partial charge on any atom is 0.254 e. The Bertz CT molecular complexity index is 1020. The van der Waals surface area contributed by atoms with Crippen LogP contribution in [0.3, 0.4) is 0 Å². The Morgan fingerprint density at radius 3 is 2.61 bits per heavy atom. The molecule has 1 aromatic carbocycles. The van der Waals surface area contributed by atoms with Crippen LogP contribution in [0.25, 0.3) is 11.3 Å². The first-order chi connectivity index (χ1) is 13.2. The number of likely N-dealkylation sites (tertiary alicyclic amines) is 1. The first kappa shape index (κ1) is 19.9. The average molecular weight is 405 g/mol. The summed E-state index contributed by atoms with van der Waals surface area (Å²) in [6.07, 6.45) is 3.52. The van der Waals surface area contributed by atoms with Crippen molar-refractivity contribution in [3.63, 3.8) is 0 Å². The van der Waals surface area contributed by atoms with Crippen molar-refractivity contribution in [2.24, 2.45) is 0 Å². The summed E-state index contributed by atoms with van der Waals surface area (Å²) in [6.45, 7) is 0.421. The molecule has 0 aliphatic carbocycles. The van der Waals surface area contributed by atoms with Gasteiger partial charge in [0.05, 0.1) is 10.6 Å². The van der Waals surface area contributed by atoms with Crippen molar-refractivity contribution in [1.82, 2.24) is 15.2 Å². The topological polar surface area (TPSA) is 96.4 Å². The molecular weight excluding hydrogens is 385 g/mol. The highest BCUT2D eigenvalue weighted by Crippen LogP contribution is 2.25. The fourth-order valence-electron chi connectivity index (χ4n) is 3.25. The number of amides is 2. The quantitative estimate of drug-likeness (QED) is 0.834. The fraction of sp³-hybridized carbons (Fsp3) is 0.316. The number of nitrogens with one attached hydrogen (secondary N) is 1. The zero-order chi connectivity index (χ0) is 20.5. The van der Waals surface area contributed by atoms with E-state index < -0.39 is 27.6 Å². The van der Waals surface area contributed by atoms with E-state index in [9.17, 15) is 22.4 Å². The molecule has 1 saturated heterocycles. The third-order valence-corrected chi connectivity index (χ3v) is 5.77. The minimum absolute atomic E-state index is 0.0504. The molecule has 0 saturated carbocycles. The Labute approximate surface area is 162 Å². The summed E-state index contributed by atoms with van der Waals surface area (Å²) in [4.78, 5) is 30.4. The number of aromatic nitrogens is 1. The number of rotatable bonds is 4. The van der Waals surface area contributed by atoms with Crippen molar-refractivity contribution in [3.05, 3.63) is 47.9 Å². The van der Waals surface area contributed by atoms with Gasteiger partial charge in [-0.2, -0.15) is 0 Å². The lowest BCUT2D eigenvalue weighted by Gasteiger charge is -2.23. The van der Waals surface area contributed by atoms with Crippen LogP contribution in [0.5, 0.6) is 0 Å². The number of carbonyl (C=O) groups excluding carboxylic acids is 2. The first-order valence-corrected chi connectivity index (χ1v) is 10.6. The van der Waals surface area contributed by atoms with Crippen LogP contribution in [0.15, 0.2) is 41.4 Å². The van der Waals surface area contributed by atoms with Crippen LogP contribution in [0.1, 0.15) is 23.2 Å². The summed E-state index contributed by atoms with van der Waals surface area (Å²) in [5.74, 6) is -1.30. The molecule has 1 atom stereocenters. The van der Waals surface area contributed by atoms with Crippen molar-refractivity contribution < 1.29 is 22.4 Å². The number of likely N-dealkylation sites (N-methyl/N-ethyl adjacent to an activating group) is 1. The maximum atomic E-state index is 14.2. The van der Waals surface area contributed by atoms with E-state index in [0.717, 1.165) is 12.3 Å². The normalized spacial score (nSPS) is 16.8. The number of carbonyl (C=O) groups is 2. The lowest BCUT2D eigenvalue weighted by molar-refractivity contribution is -0.124. The van der Waals surface area contributed by atoms with Gasteiger partial charge in [0.25, 0.3) is 5.91 Å². The van der Waals surface area contributed by atoms with E-state index in [-0.39, 0.29) is 16.4 Å². The van der Waals surface area contributed by atoms with Gasteiger partial charge in [-0.05, 0) is 43.2 Å². The largest absolute Gasteiger partial charge is 0.357 e. The highest BCUT2D eigenvalue weighted by atomic mass is 32.2. The highest BCUT2D eigenvalue weighted by Gasteiger charge is 2.34. The van der Waals surface area contributed by atoms with E-state index in [1.807, 2.05) is 0 Å². The highest BCUT2D eigenvalue weighted by molar-refractivity contribution is 7.90. The van der Waals surface area contributed by atoms with Crippen molar-refractivity contribution in [2.75, 3.05) is 19.8 Å². The lowest BCUT2D eigenvalue weighted by Crippen LogP contribution is -2.44. The smallest absolute Gasteiger partial charge is 0.254 e. The molecule has 148 valence electrons. The molecule has 1 aromatic heterocycles. The molecule has 3 rings (SSSR count). The Balaban J connectivity index is 1.93. The Morgan fingerprint density at radius 1 is 1.25 bits per heavy atom. The van der Waals surface area contributed by atoms with Crippen molar-refractivity contribution >= 4 is 21.7 Å². The molecule has 1 aliphatic heterocycles. The van der Waals surface area contributed by atoms with Gasteiger partial charge < -0.3 is 10.2 Å². The van der Waals surface area contributed by atoms with Gasteiger partial charge in [0.15, 0.2) is 9.84 Å². The van der Waals surface area contributed by atoms with Gasteiger partial charge in [-0.15, -0.1) is 0 Å². The van der Waals surface area contributed by atoms with Gasteiger partial charge in [0.2, 0.25) is 5.91 Å². The molecule has 9 heteroatoms. The van der Waals surface area contributed by atoms with E-state index in [0.29, 0.717) is 30.6 Å². The molecule has 2 amide bonds. The molecule has 7 nitrogen and oxygen atoms in total. The minimum atomic E-state index is -3.39. The van der Waals surface area contributed by atoms with Crippen molar-refractivity contribution in [3.8, 4) is 11.3 Å². The van der Waals surface area contributed by atoms with Gasteiger partial charge in [-0.3, -0.25) is 14.6 Å². The van der Waals surface area contributed by atoms with Crippen molar-refractivity contribution in [2.45, 2.75) is 23.8 Å². The third-order valence-electron chi connectivity index (χ3n) is 4.67. The number of halogens is 1. The van der Waals surface area contributed by atoms with Gasteiger partial charge in [-0.25, -0.2) is 12.8 Å². The van der Waals surface area contributed by atoms with Crippen LogP contribution >= 0.6 is 0 Å². The Morgan fingerprint density at radius 2 is 2.00 bits per heavy atom. The number of benzene rings is 1. The van der Waals surface area contributed by atoms with E-state index in [4.69, 9.17) is 0 Å². The molecule has 2 aromatic rings. The van der Waals surface area contributed by atoms with Gasteiger partial charge in [-0.1, -0.05) is 0 Å². The maximum absolute atomic E-state index is 14.2. The lowest BCUT2D eigenvalue weighted by atomic mass is 10.1. The van der Waals surface area contributed by atoms with Crippen LogP contribution in [0.2, 0.25) is 0 Å². The summed E-state index contributed by atoms with van der Waals surface area (Å²) >= 11 is 0. The average Bonchev–Trinajstić information content (AvgIpc) is 3.15. The second-order valence-corrected chi connectivity index (χ2v) is 8.67. The Kier molecular flexibility index (Phi) is 5.46. The van der Waals surface area contributed by atoms with Crippen LogP contribution in [0, 0.1) is 5.82 Å². The van der Waals surface area contributed by atoms with Crippen molar-refractivity contribution in [1.29, 1.82) is 0 Å². The monoisotopic (exact) mass is 405 g/mol. The van der Waals surface area contributed by atoms with Gasteiger partial charge >= 0.3 is 0 Å².